The third kappa shape index (κ3) is 5.22. The summed E-state index contributed by atoms with van der Waals surface area (Å²) in [5.41, 5.74) is 1.25. The molecule has 2 N–H and O–H groups in total. The van der Waals surface area contributed by atoms with E-state index in [4.69, 9.17) is 0 Å². The second kappa shape index (κ2) is 10.5. The SMILES string of the molecule is CNC(C)C(=O)NC(C(=O)N1CCN(C(=O)c2ccc3nc(C)nn3c2)CC1)C1CCCCC1. The Morgan fingerprint density at radius 3 is 2.38 bits per heavy atom. The molecule has 0 aromatic carbocycles. The fourth-order valence-electron chi connectivity index (χ4n) is 4.89. The van der Waals surface area contributed by atoms with Crippen molar-refractivity contribution in [3.63, 3.8) is 0 Å². The number of fused-ring (bicyclic) bond motifs is 1. The monoisotopic (exact) mass is 469 g/mol. The van der Waals surface area contributed by atoms with Crippen molar-refractivity contribution in [2.45, 2.75) is 58.0 Å². The van der Waals surface area contributed by atoms with Gasteiger partial charge in [0.05, 0.1) is 11.6 Å². The highest BCUT2D eigenvalue weighted by atomic mass is 16.2. The van der Waals surface area contributed by atoms with E-state index in [-0.39, 0.29) is 29.7 Å². The molecule has 2 fully saturated rings. The predicted octanol–water partition coefficient (Wildman–Crippen LogP) is 0.995. The highest BCUT2D eigenvalue weighted by Crippen LogP contribution is 2.28. The first-order valence-corrected chi connectivity index (χ1v) is 12.3. The van der Waals surface area contributed by atoms with Gasteiger partial charge in [0, 0.05) is 32.4 Å². The summed E-state index contributed by atoms with van der Waals surface area (Å²) in [5.74, 6) is 0.545. The van der Waals surface area contributed by atoms with Gasteiger partial charge in [0.2, 0.25) is 11.8 Å². The molecule has 2 unspecified atom stereocenters. The van der Waals surface area contributed by atoms with E-state index in [1.54, 1.807) is 46.6 Å². The molecule has 3 heterocycles. The number of amides is 3. The number of carbonyl (C=O) groups is 3. The smallest absolute Gasteiger partial charge is 0.255 e. The molecule has 0 spiro atoms. The van der Waals surface area contributed by atoms with Crippen LogP contribution in [0.1, 0.15) is 55.2 Å². The molecular weight excluding hydrogens is 434 g/mol. The minimum Gasteiger partial charge on any atom is -0.343 e. The Morgan fingerprint density at radius 2 is 1.71 bits per heavy atom. The largest absolute Gasteiger partial charge is 0.343 e. The Bertz CT molecular complexity index is 1040. The maximum atomic E-state index is 13.5. The van der Waals surface area contributed by atoms with E-state index in [2.05, 4.69) is 20.7 Å². The van der Waals surface area contributed by atoms with Gasteiger partial charge in [-0.1, -0.05) is 19.3 Å². The van der Waals surface area contributed by atoms with Gasteiger partial charge in [0.25, 0.3) is 5.91 Å². The molecule has 3 amide bonds. The number of nitrogens with one attached hydrogen (secondary N) is 2. The van der Waals surface area contributed by atoms with Gasteiger partial charge >= 0.3 is 0 Å². The highest BCUT2D eigenvalue weighted by molar-refractivity contribution is 5.94. The van der Waals surface area contributed by atoms with Crippen molar-refractivity contribution in [1.82, 2.24) is 35.0 Å². The number of nitrogens with zero attached hydrogens (tertiary/aromatic N) is 5. The van der Waals surface area contributed by atoms with Gasteiger partial charge < -0.3 is 20.4 Å². The summed E-state index contributed by atoms with van der Waals surface area (Å²) in [5, 5.41) is 10.3. The topological polar surface area (TPSA) is 112 Å². The zero-order valence-electron chi connectivity index (χ0n) is 20.3. The number of pyridine rings is 1. The third-order valence-corrected chi connectivity index (χ3v) is 7.07. The first kappa shape index (κ1) is 24.1. The predicted molar refractivity (Wildman–Crippen MR) is 127 cm³/mol. The third-order valence-electron chi connectivity index (χ3n) is 7.07. The number of aromatic nitrogens is 3. The van der Waals surface area contributed by atoms with Gasteiger partial charge in [-0.05, 0) is 51.8 Å². The van der Waals surface area contributed by atoms with E-state index in [1.807, 2.05) is 6.92 Å². The zero-order valence-corrected chi connectivity index (χ0v) is 20.3. The molecule has 10 nitrogen and oxygen atoms in total. The minimum atomic E-state index is -0.510. The summed E-state index contributed by atoms with van der Waals surface area (Å²) in [4.78, 5) is 47.0. The van der Waals surface area contributed by atoms with E-state index in [0.29, 0.717) is 43.2 Å². The van der Waals surface area contributed by atoms with Gasteiger partial charge in [-0.2, -0.15) is 5.10 Å². The summed E-state index contributed by atoms with van der Waals surface area (Å²) in [6.45, 7) is 5.42. The number of rotatable bonds is 6. The molecular formula is C24H35N7O3. The number of piperazine rings is 1. The molecule has 2 aromatic heterocycles. The molecule has 0 radical (unpaired) electrons. The van der Waals surface area contributed by atoms with Gasteiger partial charge in [-0.15, -0.1) is 0 Å². The van der Waals surface area contributed by atoms with Crippen molar-refractivity contribution in [2.24, 2.45) is 5.92 Å². The molecule has 4 rings (SSSR count). The number of carbonyl (C=O) groups excluding carboxylic acids is 3. The number of aryl methyl sites for hydroxylation is 1. The van der Waals surface area contributed by atoms with Crippen molar-refractivity contribution >= 4 is 23.4 Å². The summed E-state index contributed by atoms with van der Waals surface area (Å²) >= 11 is 0. The second-order valence-electron chi connectivity index (χ2n) is 9.39. The molecule has 2 aliphatic rings. The normalized spacial score (nSPS) is 19.1. The van der Waals surface area contributed by atoms with Gasteiger partial charge in [-0.3, -0.25) is 14.4 Å². The number of likely N-dealkylation sites (N-methyl/N-ethyl adjacent to an activating group) is 1. The van der Waals surface area contributed by atoms with Crippen LogP contribution < -0.4 is 10.6 Å². The summed E-state index contributed by atoms with van der Waals surface area (Å²) in [7, 11) is 1.74. The van der Waals surface area contributed by atoms with Gasteiger partial charge in [0.1, 0.15) is 11.9 Å². The van der Waals surface area contributed by atoms with Crippen LogP contribution in [0, 0.1) is 12.8 Å². The van der Waals surface area contributed by atoms with Gasteiger partial charge in [0.15, 0.2) is 5.65 Å². The summed E-state index contributed by atoms with van der Waals surface area (Å²) in [6.07, 6.45) is 6.96. The van der Waals surface area contributed by atoms with Crippen LogP contribution >= 0.6 is 0 Å². The minimum absolute atomic E-state index is 0.0323. The molecule has 10 heteroatoms. The maximum Gasteiger partial charge on any atom is 0.255 e. The van der Waals surface area contributed by atoms with Crippen LogP contribution in [-0.2, 0) is 9.59 Å². The van der Waals surface area contributed by atoms with Crippen LogP contribution in [0.4, 0.5) is 0 Å². The Balaban J connectivity index is 1.40. The Labute approximate surface area is 200 Å². The number of hydrogen-bond donors (Lipinski definition) is 2. The lowest BCUT2D eigenvalue weighted by Gasteiger charge is -2.39. The quantitative estimate of drug-likeness (QED) is 0.653. The highest BCUT2D eigenvalue weighted by Gasteiger charge is 2.36. The fraction of sp³-hybridized carbons (Fsp3) is 0.625. The van der Waals surface area contributed by atoms with Crippen molar-refractivity contribution in [1.29, 1.82) is 0 Å². The van der Waals surface area contributed by atoms with E-state index >= 15 is 0 Å². The molecule has 2 aromatic rings. The lowest BCUT2D eigenvalue weighted by atomic mass is 9.83. The molecule has 184 valence electrons. The van der Waals surface area contributed by atoms with Gasteiger partial charge in [-0.25, -0.2) is 9.50 Å². The molecule has 1 aliphatic heterocycles. The van der Waals surface area contributed by atoms with E-state index < -0.39 is 6.04 Å². The van der Waals surface area contributed by atoms with Crippen molar-refractivity contribution < 1.29 is 14.4 Å². The van der Waals surface area contributed by atoms with E-state index in [9.17, 15) is 14.4 Å². The van der Waals surface area contributed by atoms with E-state index in [1.165, 1.54) is 6.42 Å². The first-order chi connectivity index (χ1) is 16.4. The van der Waals surface area contributed by atoms with Crippen LogP contribution in [0.15, 0.2) is 18.3 Å². The van der Waals surface area contributed by atoms with Crippen molar-refractivity contribution in [3.05, 3.63) is 29.7 Å². The van der Waals surface area contributed by atoms with Crippen LogP contribution in [0.5, 0.6) is 0 Å². The molecule has 0 bridgehead atoms. The van der Waals surface area contributed by atoms with E-state index in [0.717, 1.165) is 25.7 Å². The Hall–Kier alpha value is -3.01. The lowest BCUT2D eigenvalue weighted by molar-refractivity contribution is -0.140. The zero-order chi connectivity index (χ0) is 24.2. The van der Waals surface area contributed by atoms with Crippen molar-refractivity contribution in [2.75, 3.05) is 33.2 Å². The van der Waals surface area contributed by atoms with Crippen LogP contribution in [-0.4, -0.2) is 87.4 Å². The fourth-order valence-corrected chi connectivity index (χ4v) is 4.89. The van der Waals surface area contributed by atoms with Crippen molar-refractivity contribution in [3.8, 4) is 0 Å². The first-order valence-electron chi connectivity index (χ1n) is 12.3. The van der Waals surface area contributed by atoms with Crippen LogP contribution in [0.25, 0.3) is 5.65 Å². The standard InChI is InChI=1S/C24H35N7O3/c1-16(25-3)22(32)27-21(18-7-5-4-6-8-18)24(34)30-13-11-29(12-14-30)23(33)19-9-10-20-26-17(2)28-31(20)15-19/h9-10,15-16,18,21,25H,4-8,11-14H2,1-3H3,(H,27,32). The molecule has 2 atom stereocenters. The average molecular weight is 470 g/mol. The second-order valence-corrected chi connectivity index (χ2v) is 9.39. The molecule has 1 aliphatic carbocycles. The average Bonchev–Trinajstić information content (AvgIpc) is 3.25. The van der Waals surface area contributed by atoms with Crippen LogP contribution in [0.3, 0.4) is 0 Å². The number of hydrogen-bond acceptors (Lipinski definition) is 6. The summed E-state index contributed by atoms with van der Waals surface area (Å²) < 4.78 is 1.62. The van der Waals surface area contributed by atoms with Crippen LogP contribution in [0.2, 0.25) is 0 Å². The molecule has 1 saturated heterocycles. The summed E-state index contributed by atoms with van der Waals surface area (Å²) in [6, 6.07) is 2.68. The maximum absolute atomic E-state index is 13.5. The Morgan fingerprint density at radius 1 is 1.03 bits per heavy atom. The lowest BCUT2D eigenvalue weighted by Crippen LogP contribution is -2.59. The Kier molecular flexibility index (Phi) is 7.45. The molecule has 1 saturated carbocycles. The molecule has 34 heavy (non-hydrogen) atoms.